The van der Waals surface area contributed by atoms with Crippen molar-refractivity contribution in [2.45, 2.75) is 284 Å². The number of esters is 3. The minimum Gasteiger partial charge on any atom is -0.462 e. The minimum atomic E-state index is -0.766. The van der Waals surface area contributed by atoms with Crippen molar-refractivity contribution in [3.63, 3.8) is 0 Å². The van der Waals surface area contributed by atoms with Crippen LogP contribution < -0.4 is 0 Å². The van der Waals surface area contributed by atoms with E-state index in [2.05, 4.69) is 69.4 Å². The fraction of sp³-hybridized carbons (Fsp3) is 0.807. The molecule has 0 aromatic heterocycles. The lowest BCUT2D eigenvalue weighted by Crippen LogP contribution is -2.30. The van der Waals surface area contributed by atoms with Crippen molar-refractivity contribution in [1.82, 2.24) is 0 Å². The first-order valence-corrected chi connectivity index (χ1v) is 27.1. The molecular weight excluding hydrogens is 781 g/mol. The van der Waals surface area contributed by atoms with Crippen LogP contribution in [0.4, 0.5) is 0 Å². The van der Waals surface area contributed by atoms with E-state index in [0.29, 0.717) is 19.3 Å². The van der Waals surface area contributed by atoms with Crippen molar-refractivity contribution < 1.29 is 28.6 Å². The molecule has 0 spiro atoms. The fourth-order valence-corrected chi connectivity index (χ4v) is 7.79. The third-order valence-electron chi connectivity index (χ3n) is 11.8. The molecule has 0 radical (unpaired) electrons. The molecule has 0 heterocycles. The summed E-state index contributed by atoms with van der Waals surface area (Å²) in [7, 11) is 0. The van der Waals surface area contributed by atoms with E-state index in [1.165, 1.54) is 154 Å². The second kappa shape index (κ2) is 52.0. The first-order chi connectivity index (χ1) is 31.0. The largest absolute Gasteiger partial charge is 0.462 e. The zero-order valence-corrected chi connectivity index (χ0v) is 41.8. The van der Waals surface area contributed by atoms with Gasteiger partial charge in [-0.15, -0.1) is 0 Å². The molecule has 0 amide bonds. The maximum absolute atomic E-state index is 12.7. The number of carbonyl (C=O) groups excluding carboxylic acids is 3. The Labute approximate surface area is 390 Å². The van der Waals surface area contributed by atoms with Crippen LogP contribution in [0.1, 0.15) is 278 Å². The van der Waals surface area contributed by atoms with Gasteiger partial charge < -0.3 is 14.2 Å². The van der Waals surface area contributed by atoms with Gasteiger partial charge in [-0.05, 0) is 57.8 Å². The summed E-state index contributed by atoms with van der Waals surface area (Å²) in [6, 6.07) is 0. The Morgan fingerprint density at radius 2 is 0.619 bits per heavy atom. The molecule has 6 nitrogen and oxygen atoms in total. The topological polar surface area (TPSA) is 78.9 Å². The van der Waals surface area contributed by atoms with E-state index >= 15 is 0 Å². The van der Waals surface area contributed by atoms with E-state index in [4.69, 9.17) is 14.2 Å². The van der Waals surface area contributed by atoms with Crippen molar-refractivity contribution in [3.8, 4) is 0 Å². The molecule has 366 valence electrons. The van der Waals surface area contributed by atoms with Gasteiger partial charge >= 0.3 is 17.9 Å². The Hall–Kier alpha value is -2.63. The molecule has 0 aliphatic carbocycles. The van der Waals surface area contributed by atoms with Gasteiger partial charge in [0.05, 0.1) is 0 Å². The summed E-state index contributed by atoms with van der Waals surface area (Å²) in [5.74, 6) is -0.866. The highest BCUT2D eigenvalue weighted by atomic mass is 16.6. The molecule has 6 heteroatoms. The van der Waals surface area contributed by atoms with Gasteiger partial charge in [-0.3, -0.25) is 14.4 Å². The maximum atomic E-state index is 12.7. The third-order valence-corrected chi connectivity index (χ3v) is 11.8. The maximum Gasteiger partial charge on any atom is 0.306 e. The van der Waals surface area contributed by atoms with E-state index in [1.54, 1.807) is 0 Å². The lowest BCUT2D eigenvalue weighted by atomic mass is 10.0. The normalized spacial score (nSPS) is 12.4. The molecule has 0 bridgehead atoms. The Morgan fingerprint density at radius 3 is 0.968 bits per heavy atom. The number of hydrogen-bond donors (Lipinski definition) is 0. The quantitative estimate of drug-likeness (QED) is 0.0262. The van der Waals surface area contributed by atoms with E-state index in [9.17, 15) is 14.4 Å². The Bertz CT molecular complexity index is 1110. The highest BCUT2D eigenvalue weighted by Gasteiger charge is 2.19. The van der Waals surface area contributed by atoms with Crippen molar-refractivity contribution >= 4 is 17.9 Å². The number of hydrogen-bond acceptors (Lipinski definition) is 6. The standard InChI is InChI=1S/C57H102O6/c1-4-7-10-13-16-19-21-23-24-25-26-27-28-29-30-31-32-33-34-35-37-38-41-44-47-50-56(59)62-53-54(52-61-55(58)49-46-43-40-18-15-12-9-6-3)63-57(60)51-48-45-42-39-36-22-20-17-14-11-8-5-2/h7,10,16,19,23-24,26-27,54H,4-6,8-9,11-15,17-18,20-22,25,28-53H2,1-3H3/b10-7-,19-16-,24-23-,27-26-. The molecule has 0 aromatic rings. The van der Waals surface area contributed by atoms with Gasteiger partial charge in [-0.25, -0.2) is 0 Å². The molecule has 0 aromatic carbocycles. The monoisotopic (exact) mass is 883 g/mol. The molecule has 1 atom stereocenters. The SMILES string of the molecule is CC/C=C\C/C=C\C/C=C\C/C=C\CCCCCCCCCCCCCCC(=O)OCC(COC(=O)CCCCCCCCCC)OC(=O)CCCCCCCCCCCCCC. The Balaban J connectivity index is 4.14. The summed E-state index contributed by atoms with van der Waals surface area (Å²) in [5.41, 5.74) is 0. The van der Waals surface area contributed by atoms with Crippen molar-refractivity contribution in [2.75, 3.05) is 13.2 Å². The molecule has 1 unspecified atom stereocenters. The molecular formula is C57H102O6. The van der Waals surface area contributed by atoms with Crippen LogP contribution in [0.5, 0.6) is 0 Å². The summed E-state index contributed by atoms with van der Waals surface area (Å²) in [6.45, 7) is 6.51. The second-order valence-electron chi connectivity index (χ2n) is 18.1. The van der Waals surface area contributed by atoms with Crippen LogP contribution in [0, 0.1) is 0 Å². The van der Waals surface area contributed by atoms with Gasteiger partial charge in [0.15, 0.2) is 6.10 Å². The van der Waals surface area contributed by atoms with Crippen molar-refractivity contribution in [1.29, 1.82) is 0 Å². The molecule has 0 aliphatic heterocycles. The molecule has 0 saturated heterocycles. The number of allylic oxidation sites excluding steroid dienone is 8. The molecule has 0 N–H and O–H groups in total. The predicted octanol–water partition coefficient (Wildman–Crippen LogP) is 17.9. The minimum absolute atomic E-state index is 0.0694. The van der Waals surface area contributed by atoms with Crippen LogP contribution in [0.25, 0.3) is 0 Å². The highest BCUT2D eigenvalue weighted by molar-refractivity contribution is 5.71. The first-order valence-electron chi connectivity index (χ1n) is 27.1. The zero-order chi connectivity index (χ0) is 45.8. The fourth-order valence-electron chi connectivity index (χ4n) is 7.79. The molecule has 0 fully saturated rings. The Morgan fingerprint density at radius 1 is 0.333 bits per heavy atom. The zero-order valence-electron chi connectivity index (χ0n) is 41.8. The van der Waals surface area contributed by atoms with E-state index in [-0.39, 0.29) is 31.1 Å². The van der Waals surface area contributed by atoms with Gasteiger partial charge in [-0.2, -0.15) is 0 Å². The van der Waals surface area contributed by atoms with Gasteiger partial charge in [0, 0.05) is 19.3 Å². The molecule has 0 rings (SSSR count). The summed E-state index contributed by atoms with van der Waals surface area (Å²) < 4.78 is 16.8. The third kappa shape index (κ3) is 50.2. The lowest BCUT2D eigenvalue weighted by molar-refractivity contribution is -0.167. The van der Waals surface area contributed by atoms with Crippen LogP contribution in [0.3, 0.4) is 0 Å². The van der Waals surface area contributed by atoms with Gasteiger partial charge in [-0.1, -0.05) is 249 Å². The van der Waals surface area contributed by atoms with Crippen LogP contribution in [-0.2, 0) is 28.6 Å². The number of carbonyl (C=O) groups is 3. The average Bonchev–Trinajstić information content (AvgIpc) is 3.28. The molecule has 63 heavy (non-hydrogen) atoms. The summed E-state index contributed by atoms with van der Waals surface area (Å²) >= 11 is 0. The van der Waals surface area contributed by atoms with Gasteiger partial charge in [0.2, 0.25) is 0 Å². The average molecular weight is 883 g/mol. The van der Waals surface area contributed by atoms with Crippen LogP contribution in [-0.4, -0.2) is 37.2 Å². The highest BCUT2D eigenvalue weighted by Crippen LogP contribution is 2.16. The van der Waals surface area contributed by atoms with Crippen LogP contribution >= 0.6 is 0 Å². The van der Waals surface area contributed by atoms with E-state index in [1.807, 2.05) is 0 Å². The number of unbranched alkanes of at least 4 members (excludes halogenated alkanes) is 30. The number of ether oxygens (including phenoxy) is 3. The number of rotatable bonds is 49. The summed E-state index contributed by atoms with van der Waals surface area (Å²) in [4.78, 5) is 37.8. The Kier molecular flexibility index (Phi) is 49.8. The van der Waals surface area contributed by atoms with Crippen molar-refractivity contribution in [3.05, 3.63) is 48.6 Å². The molecule has 0 saturated carbocycles. The van der Waals surface area contributed by atoms with Crippen LogP contribution in [0.15, 0.2) is 48.6 Å². The van der Waals surface area contributed by atoms with Gasteiger partial charge in [0.25, 0.3) is 0 Å². The molecule has 0 aliphatic rings. The second-order valence-corrected chi connectivity index (χ2v) is 18.1. The van der Waals surface area contributed by atoms with Crippen LogP contribution in [0.2, 0.25) is 0 Å². The van der Waals surface area contributed by atoms with Crippen molar-refractivity contribution in [2.24, 2.45) is 0 Å². The predicted molar refractivity (Wildman–Crippen MR) is 270 cm³/mol. The summed E-state index contributed by atoms with van der Waals surface area (Å²) in [6.07, 6.45) is 62.6. The first kappa shape index (κ1) is 60.4. The summed E-state index contributed by atoms with van der Waals surface area (Å²) in [5, 5.41) is 0. The van der Waals surface area contributed by atoms with E-state index < -0.39 is 6.10 Å². The van der Waals surface area contributed by atoms with Gasteiger partial charge in [0.1, 0.15) is 13.2 Å². The van der Waals surface area contributed by atoms with E-state index in [0.717, 1.165) is 83.5 Å². The lowest BCUT2D eigenvalue weighted by Gasteiger charge is -2.18. The smallest absolute Gasteiger partial charge is 0.306 e.